The molecule has 2 aromatic carbocycles. The molecular formula is C28H24N6O2. The van der Waals surface area contributed by atoms with Gasteiger partial charge in [0.05, 0.1) is 34.0 Å². The van der Waals surface area contributed by atoms with Gasteiger partial charge in [0.25, 0.3) is 11.7 Å². The number of amides is 1. The average Bonchev–Trinajstić information content (AvgIpc) is 3.48. The van der Waals surface area contributed by atoms with Crippen LogP contribution in [0.5, 0.6) is 0 Å². The van der Waals surface area contributed by atoms with Crippen LogP contribution in [-0.4, -0.2) is 36.2 Å². The van der Waals surface area contributed by atoms with Crippen LogP contribution in [0.25, 0.3) is 22.6 Å². The van der Waals surface area contributed by atoms with Crippen LogP contribution < -0.4 is 5.32 Å². The number of para-hydroxylation sites is 2. The number of pyridine rings is 1. The fourth-order valence-electron chi connectivity index (χ4n) is 4.17. The molecule has 0 spiro atoms. The second-order valence-corrected chi connectivity index (χ2v) is 8.32. The Morgan fingerprint density at radius 1 is 0.833 bits per heavy atom. The van der Waals surface area contributed by atoms with E-state index in [1.54, 1.807) is 35.6 Å². The molecule has 0 bridgehead atoms. The smallest absolute Gasteiger partial charge is 0.292 e. The van der Waals surface area contributed by atoms with Crippen LogP contribution in [0.1, 0.15) is 27.3 Å². The molecule has 178 valence electrons. The fourth-order valence-corrected chi connectivity index (χ4v) is 4.17. The number of rotatable bonds is 7. The Hall–Kier alpha value is -4.85. The summed E-state index contributed by atoms with van der Waals surface area (Å²) in [6.45, 7) is 3.66. The third-order valence-electron chi connectivity index (χ3n) is 5.93. The van der Waals surface area contributed by atoms with Gasteiger partial charge in [0.15, 0.2) is 0 Å². The zero-order valence-electron chi connectivity index (χ0n) is 19.9. The first-order chi connectivity index (χ1) is 17.5. The number of benzene rings is 2. The number of hydrogen-bond donors (Lipinski definition) is 1. The number of carbonyl (C=O) groups is 2. The summed E-state index contributed by atoms with van der Waals surface area (Å²) in [4.78, 5) is 30.2. The number of nitrogens with one attached hydrogen (secondary N) is 1. The summed E-state index contributed by atoms with van der Waals surface area (Å²) in [6, 6.07) is 22.9. The molecule has 8 heteroatoms. The van der Waals surface area contributed by atoms with Crippen molar-refractivity contribution in [2.24, 2.45) is 0 Å². The molecule has 5 rings (SSSR count). The largest absolute Gasteiger partial charge is 0.345 e. The Bertz CT molecular complexity index is 1520. The predicted molar refractivity (Wildman–Crippen MR) is 136 cm³/mol. The van der Waals surface area contributed by atoms with Gasteiger partial charge in [-0.1, -0.05) is 36.4 Å². The van der Waals surface area contributed by atoms with E-state index in [4.69, 9.17) is 5.10 Å². The van der Waals surface area contributed by atoms with Crippen molar-refractivity contribution in [3.05, 3.63) is 114 Å². The van der Waals surface area contributed by atoms with Crippen LogP contribution in [0, 0.1) is 13.8 Å². The van der Waals surface area contributed by atoms with Gasteiger partial charge < -0.3 is 5.32 Å². The van der Waals surface area contributed by atoms with Gasteiger partial charge in [-0.25, -0.2) is 9.36 Å². The van der Waals surface area contributed by atoms with E-state index in [0.717, 1.165) is 22.5 Å². The number of aryl methyl sites for hydroxylation is 1. The van der Waals surface area contributed by atoms with Gasteiger partial charge in [-0.15, -0.1) is 0 Å². The molecule has 1 N–H and O–H groups in total. The third-order valence-corrected chi connectivity index (χ3v) is 5.93. The van der Waals surface area contributed by atoms with Crippen molar-refractivity contribution in [1.82, 2.24) is 29.9 Å². The molecular weight excluding hydrogens is 452 g/mol. The molecule has 0 unspecified atom stereocenters. The van der Waals surface area contributed by atoms with Gasteiger partial charge in [-0.3, -0.25) is 14.6 Å². The molecule has 8 nitrogen and oxygen atoms in total. The van der Waals surface area contributed by atoms with Crippen LogP contribution in [0.4, 0.5) is 0 Å². The number of ketones is 1. The summed E-state index contributed by atoms with van der Waals surface area (Å²) >= 11 is 0. The molecule has 0 saturated heterocycles. The number of nitrogens with zero attached hydrogens (tertiary/aromatic N) is 5. The molecule has 5 aromatic rings. The van der Waals surface area contributed by atoms with E-state index in [1.807, 2.05) is 79.0 Å². The molecule has 1 amide bonds. The summed E-state index contributed by atoms with van der Waals surface area (Å²) in [5.41, 5.74) is 5.50. The zero-order chi connectivity index (χ0) is 25.1. The predicted octanol–water partition coefficient (Wildman–Crippen LogP) is 4.24. The molecule has 0 fully saturated rings. The van der Waals surface area contributed by atoms with Crippen molar-refractivity contribution in [2.75, 3.05) is 0 Å². The van der Waals surface area contributed by atoms with Gasteiger partial charge in [-0.2, -0.15) is 10.2 Å². The molecule has 3 heterocycles. The molecule has 0 aliphatic rings. The Balaban J connectivity index is 1.40. The lowest BCUT2D eigenvalue weighted by Crippen LogP contribution is -2.31. The number of aromatic nitrogens is 5. The Kier molecular flexibility index (Phi) is 6.23. The van der Waals surface area contributed by atoms with Crippen molar-refractivity contribution in [2.45, 2.75) is 20.4 Å². The van der Waals surface area contributed by atoms with Crippen LogP contribution in [0.15, 0.2) is 91.4 Å². The van der Waals surface area contributed by atoms with Crippen molar-refractivity contribution in [3.63, 3.8) is 0 Å². The van der Waals surface area contributed by atoms with Gasteiger partial charge in [-0.05, 0) is 50.2 Å². The van der Waals surface area contributed by atoms with Crippen LogP contribution in [-0.2, 0) is 11.3 Å². The lowest BCUT2D eigenvalue weighted by Gasteiger charge is -2.06. The maximum atomic E-state index is 13.1. The Labute approximate surface area is 208 Å². The molecule has 0 atom stereocenters. The first kappa shape index (κ1) is 22.9. The minimum Gasteiger partial charge on any atom is -0.345 e. The minimum atomic E-state index is -0.693. The molecule has 0 aliphatic carbocycles. The van der Waals surface area contributed by atoms with Gasteiger partial charge in [0, 0.05) is 36.3 Å². The molecule has 0 aliphatic heterocycles. The van der Waals surface area contributed by atoms with Gasteiger partial charge in [0.1, 0.15) is 0 Å². The van der Waals surface area contributed by atoms with Gasteiger partial charge in [0.2, 0.25) is 0 Å². The van der Waals surface area contributed by atoms with E-state index >= 15 is 0 Å². The highest BCUT2D eigenvalue weighted by molar-refractivity contribution is 6.43. The normalized spacial score (nSPS) is 10.8. The fraction of sp³-hybridized carbons (Fsp3) is 0.107. The third kappa shape index (κ3) is 4.44. The summed E-state index contributed by atoms with van der Waals surface area (Å²) in [7, 11) is 0. The first-order valence-electron chi connectivity index (χ1n) is 11.5. The van der Waals surface area contributed by atoms with E-state index in [-0.39, 0.29) is 6.54 Å². The van der Waals surface area contributed by atoms with Crippen LogP contribution in [0.2, 0.25) is 0 Å². The zero-order valence-corrected chi connectivity index (χ0v) is 19.9. The number of Topliss-reactive ketones (excluding diaryl/α,β-unsaturated/α-hetero) is 1. The Morgan fingerprint density at radius 3 is 2.14 bits per heavy atom. The van der Waals surface area contributed by atoms with E-state index < -0.39 is 11.7 Å². The SMILES string of the molecule is Cc1nn(-c2ccccc2)c(C)c1C(=O)C(=O)NCc1cn(-c2ccccc2)nc1-c1ccncc1. The van der Waals surface area contributed by atoms with Crippen LogP contribution in [0.3, 0.4) is 0 Å². The average molecular weight is 477 g/mol. The van der Waals surface area contributed by atoms with Crippen molar-refractivity contribution in [1.29, 1.82) is 0 Å². The standard InChI is InChI=1S/C28H24N6O2/c1-19-25(20(2)34(31-19)24-11-7-4-8-12-24)27(35)28(36)30-17-22-18-33(23-9-5-3-6-10-23)32-26(22)21-13-15-29-16-14-21/h3-16,18H,17H2,1-2H3,(H,30,36). The lowest BCUT2D eigenvalue weighted by atomic mass is 10.1. The maximum absolute atomic E-state index is 13.1. The molecule has 0 radical (unpaired) electrons. The number of carbonyl (C=O) groups excluding carboxylic acids is 2. The summed E-state index contributed by atoms with van der Waals surface area (Å²) in [5, 5.41) is 12.0. The summed E-state index contributed by atoms with van der Waals surface area (Å²) in [5.74, 6) is -1.31. The molecule has 3 aromatic heterocycles. The van der Waals surface area contributed by atoms with Crippen molar-refractivity contribution in [3.8, 4) is 22.6 Å². The number of hydrogen-bond acceptors (Lipinski definition) is 5. The minimum absolute atomic E-state index is 0.139. The summed E-state index contributed by atoms with van der Waals surface area (Å²) in [6.07, 6.45) is 5.25. The topological polar surface area (TPSA) is 94.7 Å². The first-order valence-corrected chi connectivity index (χ1v) is 11.5. The molecule has 0 saturated carbocycles. The van der Waals surface area contributed by atoms with Crippen LogP contribution >= 0.6 is 0 Å². The quantitative estimate of drug-likeness (QED) is 0.280. The van der Waals surface area contributed by atoms with E-state index in [1.165, 1.54) is 0 Å². The maximum Gasteiger partial charge on any atom is 0.292 e. The second-order valence-electron chi connectivity index (χ2n) is 8.32. The summed E-state index contributed by atoms with van der Waals surface area (Å²) < 4.78 is 3.44. The highest BCUT2D eigenvalue weighted by Crippen LogP contribution is 2.24. The van der Waals surface area contributed by atoms with E-state index in [2.05, 4.69) is 15.4 Å². The lowest BCUT2D eigenvalue weighted by molar-refractivity contribution is -0.117. The van der Waals surface area contributed by atoms with Crippen molar-refractivity contribution >= 4 is 11.7 Å². The highest BCUT2D eigenvalue weighted by atomic mass is 16.2. The second kappa shape index (κ2) is 9.79. The molecule has 36 heavy (non-hydrogen) atoms. The Morgan fingerprint density at radius 2 is 1.47 bits per heavy atom. The highest BCUT2D eigenvalue weighted by Gasteiger charge is 2.25. The van der Waals surface area contributed by atoms with Crippen molar-refractivity contribution < 1.29 is 9.59 Å². The monoisotopic (exact) mass is 476 g/mol. The van der Waals surface area contributed by atoms with E-state index in [0.29, 0.717) is 22.6 Å². The van der Waals surface area contributed by atoms with E-state index in [9.17, 15) is 9.59 Å². The van der Waals surface area contributed by atoms with Gasteiger partial charge >= 0.3 is 0 Å².